The van der Waals surface area contributed by atoms with E-state index in [9.17, 15) is 0 Å². The highest BCUT2D eigenvalue weighted by Crippen LogP contribution is 2.26. The largest absolute Gasteiger partial charge is 0.492 e. The minimum Gasteiger partial charge on any atom is -0.492 e. The second kappa shape index (κ2) is 5.12. The molecular formula is C12H18N2O. The summed E-state index contributed by atoms with van der Waals surface area (Å²) >= 11 is 0. The first kappa shape index (κ1) is 10.4. The van der Waals surface area contributed by atoms with Crippen molar-refractivity contribution in [2.75, 3.05) is 13.2 Å². The van der Waals surface area contributed by atoms with Gasteiger partial charge in [0.2, 0.25) is 0 Å². The van der Waals surface area contributed by atoms with Gasteiger partial charge in [0.1, 0.15) is 5.75 Å². The van der Waals surface area contributed by atoms with Gasteiger partial charge in [0.05, 0.1) is 12.8 Å². The molecule has 3 nitrogen and oxygen atoms in total. The molecule has 82 valence electrons. The summed E-state index contributed by atoms with van der Waals surface area (Å²) in [6.45, 7) is 1.49. The van der Waals surface area contributed by atoms with E-state index in [-0.39, 0.29) is 0 Å². The first-order valence-corrected chi connectivity index (χ1v) is 5.66. The molecule has 0 aliphatic heterocycles. The molecule has 2 N–H and O–H groups in total. The average molecular weight is 206 g/mol. The molecule has 3 heteroatoms. The monoisotopic (exact) mass is 206 g/mol. The van der Waals surface area contributed by atoms with Gasteiger partial charge in [-0.1, -0.05) is 6.42 Å². The molecule has 0 spiro atoms. The van der Waals surface area contributed by atoms with E-state index in [4.69, 9.17) is 10.5 Å². The normalized spacial score (nSPS) is 16.1. The van der Waals surface area contributed by atoms with Crippen LogP contribution in [-0.4, -0.2) is 18.1 Å². The van der Waals surface area contributed by atoms with Gasteiger partial charge in [0.15, 0.2) is 0 Å². The molecular weight excluding hydrogens is 188 g/mol. The van der Waals surface area contributed by atoms with Crippen LogP contribution in [0.25, 0.3) is 0 Å². The van der Waals surface area contributed by atoms with Gasteiger partial charge in [-0.2, -0.15) is 0 Å². The smallest absolute Gasteiger partial charge is 0.137 e. The van der Waals surface area contributed by atoms with Gasteiger partial charge < -0.3 is 10.5 Å². The summed E-state index contributed by atoms with van der Waals surface area (Å²) < 4.78 is 5.65. The Morgan fingerprint density at radius 3 is 2.80 bits per heavy atom. The third-order valence-electron chi connectivity index (χ3n) is 2.91. The molecule has 0 bridgehead atoms. The Balaban J connectivity index is 1.80. The highest BCUT2D eigenvalue weighted by molar-refractivity contribution is 5.20. The van der Waals surface area contributed by atoms with Crippen molar-refractivity contribution >= 4 is 0 Å². The van der Waals surface area contributed by atoms with Crippen molar-refractivity contribution < 1.29 is 4.74 Å². The molecule has 1 saturated carbocycles. The predicted octanol–water partition coefficient (Wildman–Crippen LogP) is 1.76. The van der Waals surface area contributed by atoms with Gasteiger partial charge in [-0.25, -0.2) is 0 Å². The minimum atomic E-state index is 0.648. The fourth-order valence-corrected chi connectivity index (χ4v) is 1.67. The van der Waals surface area contributed by atoms with E-state index in [0.717, 1.165) is 30.4 Å². The Morgan fingerprint density at radius 1 is 1.40 bits per heavy atom. The Morgan fingerprint density at radius 2 is 2.27 bits per heavy atom. The van der Waals surface area contributed by atoms with Crippen LogP contribution in [0.4, 0.5) is 0 Å². The number of pyridine rings is 1. The maximum Gasteiger partial charge on any atom is 0.137 e. The van der Waals surface area contributed by atoms with Crippen molar-refractivity contribution in [3.63, 3.8) is 0 Å². The summed E-state index contributed by atoms with van der Waals surface area (Å²) in [7, 11) is 0. The lowest BCUT2D eigenvalue weighted by molar-refractivity contribution is 0.180. The zero-order valence-corrected chi connectivity index (χ0v) is 8.98. The van der Waals surface area contributed by atoms with Crippen molar-refractivity contribution in [3.8, 4) is 5.75 Å². The SMILES string of the molecule is NCCc1ccc(OCC2CCC2)cn1. The second-order valence-electron chi connectivity index (χ2n) is 4.13. The Bertz CT molecular complexity index is 293. The molecule has 1 aromatic rings. The van der Waals surface area contributed by atoms with Gasteiger partial charge in [-0.15, -0.1) is 0 Å². The molecule has 0 radical (unpaired) electrons. The van der Waals surface area contributed by atoms with Gasteiger partial charge >= 0.3 is 0 Å². The standard InChI is InChI=1S/C12H18N2O/c13-7-6-11-4-5-12(8-14-11)15-9-10-2-1-3-10/h4-5,8,10H,1-3,6-7,9,13H2. The number of hydrogen-bond acceptors (Lipinski definition) is 3. The molecule has 0 amide bonds. The lowest BCUT2D eigenvalue weighted by atomic mass is 9.86. The third kappa shape index (κ3) is 2.93. The van der Waals surface area contributed by atoms with E-state index in [0.29, 0.717) is 6.54 Å². The quantitative estimate of drug-likeness (QED) is 0.798. The maximum atomic E-state index is 5.65. The summed E-state index contributed by atoms with van der Waals surface area (Å²) in [4.78, 5) is 4.29. The second-order valence-corrected chi connectivity index (χ2v) is 4.13. The molecule has 0 saturated heterocycles. The van der Waals surface area contributed by atoms with Crippen LogP contribution >= 0.6 is 0 Å². The van der Waals surface area contributed by atoms with Crippen molar-refractivity contribution in [1.29, 1.82) is 0 Å². The molecule has 1 aliphatic rings. The van der Waals surface area contributed by atoms with E-state index >= 15 is 0 Å². The van der Waals surface area contributed by atoms with Crippen molar-refractivity contribution in [2.24, 2.45) is 11.7 Å². The van der Waals surface area contributed by atoms with Crippen LogP contribution in [0.15, 0.2) is 18.3 Å². The summed E-state index contributed by atoms with van der Waals surface area (Å²) in [6.07, 6.45) is 6.63. The fraction of sp³-hybridized carbons (Fsp3) is 0.583. The Kier molecular flexibility index (Phi) is 3.56. The Labute approximate surface area is 90.7 Å². The third-order valence-corrected chi connectivity index (χ3v) is 2.91. The van der Waals surface area contributed by atoms with Gasteiger partial charge in [0.25, 0.3) is 0 Å². The van der Waals surface area contributed by atoms with E-state index in [1.54, 1.807) is 6.20 Å². The summed E-state index contributed by atoms with van der Waals surface area (Å²) in [5, 5.41) is 0. The lowest BCUT2D eigenvalue weighted by Crippen LogP contribution is -2.19. The maximum absolute atomic E-state index is 5.65. The van der Waals surface area contributed by atoms with Crippen LogP contribution in [0.3, 0.4) is 0 Å². The number of ether oxygens (including phenoxy) is 1. The molecule has 15 heavy (non-hydrogen) atoms. The van der Waals surface area contributed by atoms with E-state index in [1.165, 1.54) is 19.3 Å². The van der Waals surface area contributed by atoms with Crippen LogP contribution in [-0.2, 0) is 6.42 Å². The topological polar surface area (TPSA) is 48.1 Å². The molecule has 0 atom stereocenters. The van der Waals surface area contributed by atoms with Crippen molar-refractivity contribution in [2.45, 2.75) is 25.7 Å². The lowest BCUT2D eigenvalue weighted by Gasteiger charge is -2.24. The number of nitrogens with two attached hydrogens (primary N) is 1. The van der Waals surface area contributed by atoms with Gasteiger partial charge in [-0.3, -0.25) is 4.98 Å². The molecule has 0 aromatic carbocycles. The number of nitrogens with zero attached hydrogens (tertiary/aromatic N) is 1. The first-order chi connectivity index (χ1) is 7.38. The summed E-state index contributed by atoms with van der Waals surface area (Å²) in [5.41, 5.74) is 6.49. The van der Waals surface area contributed by atoms with E-state index in [1.807, 2.05) is 12.1 Å². The van der Waals surface area contributed by atoms with Gasteiger partial charge in [0, 0.05) is 12.1 Å². The van der Waals surface area contributed by atoms with Crippen LogP contribution in [0.2, 0.25) is 0 Å². The van der Waals surface area contributed by atoms with Crippen LogP contribution in [0.1, 0.15) is 25.0 Å². The average Bonchev–Trinajstić information content (AvgIpc) is 2.19. The molecule has 1 fully saturated rings. The highest BCUT2D eigenvalue weighted by Gasteiger charge is 2.17. The summed E-state index contributed by atoms with van der Waals surface area (Å²) in [6, 6.07) is 3.97. The summed E-state index contributed by atoms with van der Waals surface area (Å²) in [5.74, 6) is 1.65. The van der Waals surface area contributed by atoms with E-state index in [2.05, 4.69) is 4.98 Å². The predicted molar refractivity (Wildman–Crippen MR) is 59.8 cm³/mol. The van der Waals surface area contributed by atoms with Crippen molar-refractivity contribution in [1.82, 2.24) is 4.98 Å². The van der Waals surface area contributed by atoms with Gasteiger partial charge in [-0.05, 0) is 37.4 Å². The molecule has 1 aromatic heterocycles. The minimum absolute atomic E-state index is 0.648. The zero-order chi connectivity index (χ0) is 10.5. The molecule has 0 unspecified atom stereocenters. The Hall–Kier alpha value is -1.09. The molecule has 2 rings (SSSR count). The number of aromatic nitrogens is 1. The van der Waals surface area contributed by atoms with E-state index < -0.39 is 0 Å². The highest BCUT2D eigenvalue weighted by atomic mass is 16.5. The fourth-order valence-electron chi connectivity index (χ4n) is 1.67. The zero-order valence-electron chi connectivity index (χ0n) is 8.98. The number of rotatable bonds is 5. The van der Waals surface area contributed by atoms with Crippen molar-refractivity contribution in [3.05, 3.63) is 24.0 Å². The first-order valence-electron chi connectivity index (χ1n) is 5.66. The number of hydrogen-bond donors (Lipinski definition) is 1. The van der Waals surface area contributed by atoms with Crippen LogP contribution in [0.5, 0.6) is 5.75 Å². The molecule has 1 heterocycles. The van der Waals surface area contributed by atoms with Crippen LogP contribution in [0, 0.1) is 5.92 Å². The van der Waals surface area contributed by atoms with Crippen LogP contribution < -0.4 is 10.5 Å². The molecule has 1 aliphatic carbocycles.